The summed E-state index contributed by atoms with van der Waals surface area (Å²) in [4.78, 5) is 26.0. The second kappa shape index (κ2) is 7.91. The van der Waals surface area contributed by atoms with Gasteiger partial charge in [0.15, 0.2) is 6.10 Å². The van der Waals surface area contributed by atoms with Crippen molar-refractivity contribution >= 4 is 17.5 Å². The summed E-state index contributed by atoms with van der Waals surface area (Å²) in [6, 6.07) is 15.0. The van der Waals surface area contributed by atoms with Crippen LogP contribution in [-0.4, -0.2) is 38.6 Å². The molecule has 136 valence electrons. The minimum Gasteiger partial charge on any atom is -0.497 e. The summed E-state index contributed by atoms with van der Waals surface area (Å²) in [5, 5.41) is 2.79. The van der Waals surface area contributed by atoms with Gasteiger partial charge >= 0.3 is 0 Å². The third-order valence-electron chi connectivity index (χ3n) is 4.39. The van der Waals surface area contributed by atoms with Crippen LogP contribution < -0.4 is 19.7 Å². The van der Waals surface area contributed by atoms with Crippen molar-refractivity contribution in [2.75, 3.05) is 25.6 Å². The molecule has 6 heteroatoms. The Hall–Kier alpha value is -3.02. The summed E-state index contributed by atoms with van der Waals surface area (Å²) < 4.78 is 10.8. The van der Waals surface area contributed by atoms with Crippen molar-refractivity contribution in [2.24, 2.45) is 0 Å². The molecule has 1 aliphatic rings. The van der Waals surface area contributed by atoms with Crippen LogP contribution in [0.2, 0.25) is 0 Å². The van der Waals surface area contributed by atoms with Gasteiger partial charge in [-0.3, -0.25) is 9.59 Å². The van der Waals surface area contributed by atoms with Crippen LogP contribution in [0, 0.1) is 0 Å². The zero-order valence-corrected chi connectivity index (χ0v) is 14.9. The van der Waals surface area contributed by atoms with Gasteiger partial charge in [0.05, 0.1) is 19.3 Å². The van der Waals surface area contributed by atoms with Gasteiger partial charge in [-0.1, -0.05) is 24.3 Å². The number of para-hydroxylation sites is 2. The van der Waals surface area contributed by atoms with Crippen LogP contribution in [-0.2, 0) is 16.0 Å². The third kappa shape index (κ3) is 3.96. The normalized spacial score (nSPS) is 15.8. The van der Waals surface area contributed by atoms with E-state index in [1.165, 1.54) is 0 Å². The van der Waals surface area contributed by atoms with Crippen LogP contribution in [0.3, 0.4) is 0 Å². The van der Waals surface area contributed by atoms with Crippen molar-refractivity contribution in [3.8, 4) is 11.5 Å². The van der Waals surface area contributed by atoms with Crippen molar-refractivity contribution in [3.05, 3.63) is 54.1 Å². The van der Waals surface area contributed by atoms with Crippen molar-refractivity contribution in [2.45, 2.75) is 18.9 Å². The highest BCUT2D eigenvalue weighted by atomic mass is 16.5. The number of methoxy groups -OCH3 is 1. The fourth-order valence-electron chi connectivity index (χ4n) is 2.85. The van der Waals surface area contributed by atoms with Crippen molar-refractivity contribution in [3.63, 3.8) is 0 Å². The predicted octanol–water partition coefficient (Wildman–Crippen LogP) is 2.17. The van der Waals surface area contributed by atoms with Crippen molar-refractivity contribution in [1.29, 1.82) is 0 Å². The maximum atomic E-state index is 12.4. The van der Waals surface area contributed by atoms with Crippen LogP contribution in [0.1, 0.15) is 12.0 Å². The average Bonchev–Trinajstić information content (AvgIpc) is 2.68. The lowest BCUT2D eigenvalue weighted by Gasteiger charge is -2.31. The maximum absolute atomic E-state index is 12.4. The Labute approximate surface area is 152 Å². The van der Waals surface area contributed by atoms with Crippen LogP contribution in [0.5, 0.6) is 11.5 Å². The molecule has 2 aromatic rings. The Balaban J connectivity index is 1.50. The lowest BCUT2D eigenvalue weighted by molar-refractivity contribution is -0.127. The monoisotopic (exact) mass is 354 g/mol. The number of likely N-dealkylation sites (N-methyl/N-ethyl adjacent to an activating group) is 1. The Morgan fingerprint density at radius 2 is 1.92 bits per heavy atom. The topological polar surface area (TPSA) is 67.9 Å². The number of hydrogen-bond donors (Lipinski definition) is 1. The smallest absolute Gasteiger partial charge is 0.269 e. The first kappa shape index (κ1) is 17.8. The number of nitrogens with zero attached hydrogens (tertiary/aromatic N) is 1. The molecular formula is C20H22N2O4. The largest absolute Gasteiger partial charge is 0.497 e. The van der Waals surface area contributed by atoms with E-state index in [9.17, 15) is 9.59 Å². The highest BCUT2D eigenvalue weighted by molar-refractivity contribution is 5.99. The first-order chi connectivity index (χ1) is 12.6. The Morgan fingerprint density at radius 1 is 1.19 bits per heavy atom. The van der Waals surface area contributed by atoms with Gasteiger partial charge in [-0.2, -0.15) is 0 Å². The first-order valence-corrected chi connectivity index (χ1v) is 8.51. The number of carbonyl (C=O) groups excluding carboxylic acids is 2. The lowest BCUT2D eigenvalue weighted by Crippen LogP contribution is -2.49. The van der Waals surface area contributed by atoms with Gasteiger partial charge in [0, 0.05) is 13.5 Å². The molecule has 1 heterocycles. The molecule has 1 N–H and O–H groups in total. The Bertz CT molecular complexity index is 789. The minimum absolute atomic E-state index is 0.112. The van der Waals surface area contributed by atoms with Gasteiger partial charge < -0.3 is 19.7 Å². The predicted molar refractivity (Wildman–Crippen MR) is 98.6 cm³/mol. The molecule has 1 atom stereocenters. The number of benzene rings is 2. The summed E-state index contributed by atoms with van der Waals surface area (Å²) >= 11 is 0. The van der Waals surface area contributed by atoms with Gasteiger partial charge in [-0.05, 0) is 36.2 Å². The fraction of sp³-hybridized carbons (Fsp3) is 0.300. The lowest BCUT2D eigenvalue weighted by atomic mass is 10.1. The molecule has 0 spiro atoms. The quantitative estimate of drug-likeness (QED) is 0.863. The zero-order valence-electron chi connectivity index (χ0n) is 14.9. The number of fused-ring (bicyclic) bond motifs is 1. The first-order valence-electron chi connectivity index (χ1n) is 8.51. The summed E-state index contributed by atoms with van der Waals surface area (Å²) in [6.07, 6.45) is 0.261. The van der Waals surface area contributed by atoms with Gasteiger partial charge in [-0.15, -0.1) is 0 Å². The SMILES string of the molecule is COc1ccc(CCC(=O)NCC2Oc3ccccc3N(C)C2=O)cc1. The van der Waals surface area contributed by atoms with E-state index in [1.807, 2.05) is 48.5 Å². The second-order valence-corrected chi connectivity index (χ2v) is 6.12. The molecule has 0 bridgehead atoms. The molecule has 2 amide bonds. The molecule has 0 radical (unpaired) electrons. The number of aryl methyl sites for hydroxylation is 1. The highest BCUT2D eigenvalue weighted by Gasteiger charge is 2.32. The molecule has 3 rings (SSSR count). The molecular weight excluding hydrogens is 332 g/mol. The zero-order chi connectivity index (χ0) is 18.5. The van der Waals surface area contributed by atoms with Gasteiger partial charge in [0.25, 0.3) is 5.91 Å². The number of nitrogens with one attached hydrogen (secondary N) is 1. The Morgan fingerprint density at radius 3 is 2.65 bits per heavy atom. The van der Waals surface area contributed by atoms with Crippen molar-refractivity contribution < 1.29 is 19.1 Å². The minimum atomic E-state index is -0.708. The summed E-state index contributed by atoms with van der Waals surface area (Å²) in [5.41, 5.74) is 1.79. The van der Waals surface area contributed by atoms with Crippen molar-refractivity contribution in [1.82, 2.24) is 5.32 Å². The van der Waals surface area contributed by atoms with Crippen LogP contribution >= 0.6 is 0 Å². The molecule has 0 saturated carbocycles. The Kier molecular flexibility index (Phi) is 5.41. The highest BCUT2D eigenvalue weighted by Crippen LogP contribution is 2.32. The van der Waals surface area contributed by atoms with Gasteiger partial charge in [0.1, 0.15) is 11.5 Å². The second-order valence-electron chi connectivity index (χ2n) is 6.12. The molecule has 0 aliphatic carbocycles. The molecule has 1 unspecified atom stereocenters. The van der Waals surface area contributed by atoms with Crippen LogP contribution in [0.15, 0.2) is 48.5 Å². The molecule has 0 fully saturated rings. The van der Waals surface area contributed by atoms with E-state index in [1.54, 1.807) is 19.1 Å². The maximum Gasteiger partial charge on any atom is 0.269 e. The van der Waals surface area contributed by atoms with E-state index in [2.05, 4.69) is 5.32 Å². The van der Waals surface area contributed by atoms with Crippen LogP contribution in [0.25, 0.3) is 0 Å². The molecule has 6 nitrogen and oxygen atoms in total. The van der Waals surface area contributed by atoms with E-state index in [0.717, 1.165) is 17.0 Å². The summed E-state index contributed by atoms with van der Waals surface area (Å²) in [5.74, 6) is 1.15. The number of rotatable bonds is 6. The van der Waals surface area contributed by atoms with Gasteiger partial charge in [0.2, 0.25) is 5.91 Å². The molecule has 26 heavy (non-hydrogen) atoms. The molecule has 1 aliphatic heterocycles. The van der Waals surface area contributed by atoms with E-state index in [-0.39, 0.29) is 18.4 Å². The fourth-order valence-corrected chi connectivity index (χ4v) is 2.85. The molecule has 2 aromatic carbocycles. The standard InChI is InChI=1S/C20H22N2O4/c1-22-16-5-3-4-6-17(16)26-18(20(22)24)13-21-19(23)12-9-14-7-10-15(25-2)11-8-14/h3-8,10-11,18H,9,12-13H2,1-2H3,(H,21,23). The number of amides is 2. The van der Waals surface area contributed by atoms with Gasteiger partial charge in [-0.25, -0.2) is 0 Å². The average molecular weight is 354 g/mol. The number of anilines is 1. The number of carbonyl (C=O) groups is 2. The van der Waals surface area contributed by atoms with Crippen LogP contribution in [0.4, 0.5) is 5.69 Å². The van der Waals surface area contributed by atoms with E-state index >= 15 is 0 Å². The van der Waals surface area contributed by atoms with E-state index in [0.29, 0.717) is 18.6 Å². The molecule has 0 aromatic heterocycles. The summed E-state index contributed by atoms with van der Waals surface area (Å²) in [7, 11) is 3.33. The summed E-state index contributed by atoms with van der Waals surface area (Å²) in [6.45, 7) is 0.152. The van der Waals surface area contributed by atoms with E-state index < -0.39 is 6.10 Å². The number of hydrogen-bond acceptors (Lipinski definition) is 4. The number of ether oxygens (including phenoxy) is 2. The molecule has 0 saturated heterocycles. The third-order valence-corrected chi connectivity index (χ3v) is 4.39. The van der Waals surface area contributed by atoms with E-state index in [4.69, 9.17) is 9.47 Å².